The standard InChI is InChI=1S/C22H25N3O5/c1-2-15-8-10-22(11-9-15)20(27)25(21(28)24-22)12-18(26)29-13-17-14-30-19(23-17)16-6-4-3-5-7-16/h3-7,14-15H,2,8-13H2,1H3,(H,24,28). The molecule has 2 fully saturated rings. The first kappa shape index (κ1) is 20.1. The van der Waals surface area contributed by atoms with Crippen LogP contribution >= 0.6 is 0 Å². The number of carbonyl (C=O) groups excluding carboxylic acids is 3. The minimum absolute atomic E-state index is 0.0951. The molecule has 1 aromatic carbocycles. The van der Waals surface area contributed by atoms with Gasteiger partial charge in [0.05, 0.1) is 0 Å². The Morgan fingerprint density at radius 1 is 1.27 bits per heavy atom. The predicted octanol–water partition coefficient (Wildman–Crippen LogP) is 3.28. The molecular formula is C22H25N3O5. The average Bonchev–Trinajstić information content (AvgIpc) is 3.33. The predicted molar refractivity (Wildman–Crippen MR) is 107 cm³/mol. The molecule has 1 aliphatic heterocycles. The van der Waals surface area contributed by atoms with E-state index in [4.69, 9.17) is 9.15 Å². The minimum atomic E-state index is -0.861. The molecule has 1 saturated heterocycles. The van der Waals surface area contributed by atoms with Crippen LogP contribution < -0.4 is 5.32 Å². The number of benzene rings is 1. The molecule has 3 amide bonds. The van der Waals surface area contributed by atoms with Crippen molar-refractivity contribution in [2.45, 2.75) is 51.2 Å². The van der Waals surface area contributed by atoms with Crippen molar-refractivity contribution < 1.29 is 23.5 Å². The Morgan fingerprint density at radius 3 is 2.70 bits per heavy atom. The lowest BCUT2D eigenvalue weighted by atomic mass is 9.75. The van der Waals surface area contributed by atoms with Gasteiger partial charge in [0.15, 0.2) is 0 Å². The molecular weight excluding hydrogens is 386 g/mol. The molecule has 2 aromatic rings. The number of urea groups is 1. The summed E-state index contributed by atoms with van der Waals surface area (Å²) in [6.07, 6.45) is 5.52. The fourth-order valence-corrected chi connectivity index (χ4v) is 4.15. The van der Waals surface area contributed by atoms with E-state index >= 15 is 0 Å². The van der Waals surface area contributed by atoms with E-state index in [-0.39, 0.29) is 12.5 Å². The van der Waals surface area contributed by atoms with Crippen molar-refractivity contribution in [2.24, 2.45) is 5.92 Å². The summed E-state index contributed by atoms with van der Waals surface area (Å²) in [5.74, 6) is 0.0248. The molecule has 30 heavy (non-hydrogen) atoms. The maximum absolute atomic E-state index is 12.9. The number of aromatic nitrogens is 1. The number of hydrogen-bond donors (Lipinski definition) is 1. The zero-order valence-corrected chi connectivity index (χ0v) is 16.9. The van der Waals surface area contributed by atoms with Crippen molar-refractivity contribution in [3.8, 4) is 11.5 Å². The zero-order valence-electron chi connectivity index (χ0n) is 16.9. The number of ether oxygens (including phenoxy) is 1. The largest absolute Gasteiger partial charge is 0.458 e. The van der Waals surface area contributed by atoms with Crippen LogP contribution in [0.2, 0.25) is 0 Å². The van der Waals surface area contributed by atoms with E-state index in [0.717, 1.165) is 29.7 Å². The molecule has 1 aliphatic carbocycles. The number of nitrogens with one attached hydrogen (secondary N) is 1. The molecule has 1 N–H and O–H groups in total. The third kappa shape index (κ3) is 3.94. The number of hydrogen-bond acceptors (Lipinski definition) is 6. The molecule has 1 aromatic heterocycles. The Bertz CT molecular complexity index is 931. The van der Waals surface area contributed by atoms with Gasteiger partial charge >= 0.3 is 12.0 Å². The Morgan fingerprint density at radius 2 is 2.00 bits per heavy atom. The van der Waals surface area contributed by atoms with Gasteiger partial charge in [0.2, 0.25) is 5.89 Å². The Hall–Kier alpha value is -3.16. The number of amides is 3. The number of esters is 1. The van der Waals surface area contributed by atoms with Crippen molar-refractivity contribution in [1.29, 1.82) is 0 Å². The zero-order chi connectivity index (χ0) is 21.1. The van der Waals surface area contributed by atoms with Crippen LogP contribution in [0.4, 0.5) is 4.79 Å². The first-order valence-electron chi connectivity index (χ1n) is 10.3. The van der Waals surface area contributed by atoms with E-state index in [9.17, 15) is 14.4 Å². The monoisotopic (exact) mass is 411 g/mol. The highest BCUT2D eigenvalue weighted by molar-refractivity contribution is 6.08. The highest BCUT2D eigenvalue weighted by atomic mass is 16.5. The Kier molecular flexibility index (Phi) is 5.57. The van der Waals surface area contributed by atoms with E-state index in [0.29, 0.717) is 30.3 Å². The smallest absolute Gasteiger partial charge is 0.326 e. The van der Waals surface area contributed by atoms with Crippen LogP contribution in [-0.4, -0.2) is 39.9 Å². The van der Waals surface area contributed by atoms with Crippen LogP contribution in [0.15, 0.2) is 41.0 Å². The molecule has 158 valence electrons. The van der Waals surface area contributed by atoms with Gasteiger partial charge in [-0.25, -0.2) is 9.78 Å². The quantitative estimate of drug-likeness (QED) is 0.578. The first-order valence-corrected chi connectivity index (χ1v) is 10.3. The maximum Gasteiger partial charge on any atom is 0.326 e. The van der Waals surface area contributed by atoms with E-state index in [1.54, 1.807) is 0 Å². The summed E-state index contributed by atoms with van der Waals surface area (Å²) in [5, 5.41) is 2.82. The molecule has 1 spiro atoms. The molecule has 0 unspecified atom stereocenters. The maximum atomic E-state index is 12.9. The SMILES string of the molecule is CCC1CCC2(CC1)NC(=O)N(CC(=O)OCc1coc(-c3ccccc3)n1)C2=O. The van der Waals surface area contributed by atoms with Crippen LogP contribution in [0.1, 0.15) is 44.7 Å². The number of imide groups is 1. The third-order valence-electron chi connectivity index (χ3n) is 6.02. The second-order valence-electron chi connectivity index (χ2n) is 7.93. The third-order valence-corrected chi connectivity index (χ3v) is 6.02. The topological polar surface area (TPSA) is 102 Å². The summed E-state index contributed by atoms with van der Waals surface area (Å²) < 4.78 is 10.6. The number of rotatable bonds is 6. The summed E-state index contributed by atoms with van der Waals surface area (Å²) in [5.41, 5.74) is 0.408. The summed E-state index contributed by atoms with van der Waals surface area (Å²) in [6.45, 7) is 1.63. The van der Waals surface area contributed by atoms with Crippen molar-refractivity contribution in [1.82, 2.24) is 15.2 Å². The summed E-state index contributed by atoms with van der Waals surface area (Å²) in [6, 6.07) is 8.84. The molecule has 8 heteroatoms. The van der Waals surface area contributed by atoms with Crippen LogP contribution in [0.3, 0.4) is 0 Å². The molecule has 0 radical (unpaired) electrons. The van der Waals surface area contributed by atoms with Crippen LogP contribution in [-0.2, 0) is 20.9 Å². The van der Waals surface area contributed by atoms with Gasteiger partial charge in [0, 0.05) is 5.56 Å². The van der Waals surface area contributed by atoms with Crippen LogP contribution in [0.25, 0.3) is 11.5 Å². The van der Waals surface area contributed by atoms with Crippen molar-refractivity contribution >= 4 is 17.9 Å². The van der Waals surface area contributed by atoms with Gasteiger partial charge in [-0.1, -0.05) is 31.5 Å². The van der Waals surface area contributed by atoms with Gasteiger partial charge in [-0.05, 0) is 43.7 Å². The highest BCUT2D eigenvalue weighted by Crippen LogP contribution is 2.37. The van der Waals surface area contributed by atoms with Gasteiger partial charge in [0.1, 0.15) is 30.6 Å². The highest BCUT2D eigenvalue weighted by Gasteiger charge is 2.52. The second kappa shape index (κ2) is 8.30. The van der Waals surface area contributed by atoms with Crippen molar-refractivity contribution in [2.75, 3.05) is 6.54 Å². The lowest BCUT2D eigenvalue weighted by molar-refractivity contribution is -0.149. The summed E-state index contributed by atoms with van der Waals surface area (Å²) in [7, 11) is 0. The van der Waals surface area contributed by atoms with E-state index in [1.807, 2.05) is 30.3 Å². The molecule has 0 bridgehead atoms. The molecule has 8 nitrogen and oxygen atoms in total. The van der Waals surface area contributed by atoms with Gasteiger partial charge in [-0.2, -0.15) is 0 Å². The molecule has 0 atom stereocenters. The normalized spacial score (nSPS) is 23.6. The number of nitrogens with zero attached hydrogens (tertiary/aromatic N) is 2. The summed E-state index contributed by atoms with van der Waals surface area (Å²) >= 11 is 0. The lowest BCUT2D eigenvalue weighted by Gasteiger charge is -2.34. The Labute approximate surface area is 174 Å². The van der Waals surface area contributed by atoms with Crippen LogP contribution in [0, 0.1) is 5.92 Å². The molecule has 2 aliphatic rings. The van der Waals surface area contributed by atoms with Crippen LogP contribution in [0.5, 0.6) is 0 Å². The molecule has 4 rings (SSSR count). The number of carbonyl (C=O) groups is 3. The molecule has 2 heterocycles. The minimum Gasteiger partial charge on any atom is -0.458 e. The van der Waals surface area contributed by atoms with Gasteiger partial charge in [-0.3, -0.25) is 14.5 Å². The van der Waals surface area contributed by atoms with E-state index < -0.39 is 24.1 Å². The Balaban J connectivity index is 1.32. The van der Waals surface area contributed by atoms with E-state index in [1.165, 1.54) is 6.26 Å². The van der Waals surface area contributed by atoms with Gasteiger partial charge in [0.25, 0.3) is 5.91 Å². The van der Waals surface area contributed by atoms with Gasteiger partial charge in [-0.15, -0.1) is 0 Å². The second-order valence-corrected chi connectivity index (χ2v) is 7.93. The van der Waals surface area contributed by atoms with Crippen molar-refractivity contribution in [3.05, 3.63) is 42.3 Å². The number of oxazole rings is 1. The lowest BCUT2D eigenvalue weighted by Crippen LogP contribution is -2.49. The van der Waals surface area contributed by atoms with Gasteiger partial charge < -0.3 is 14.5 Å². The summed E-state index contributed by atoms with van der Waals surface area (Å²) in [4.78, 5) is 42.7. The average molecular weight is 411 g/mol. The van der Waals surface area contributed by atoms with Crippen molar-refractivity contribution in [3.63, 3.8) is 0 Å². The first-order chi connectivity index (χ1) is 14.5. The fourth-order valence-electron chi connectivity index (χ4n) is 4.15. The molecule has 1 saturated carbocycles. The fraction of sp³-hybridized carbons (Fsp3) is 0.455. The van der Waals surface area contributed by atoms with E-state index in [2.05, 4.69) is 17.2 Å².